The predicted octanol–water partition coefficient (Wildman–Crippen LogP) is 4.81. The van der Waals surface area contributed by atoms with Gasteiger partial charge in [-0.3, -0.25) is 0 Å². The molecule has 0 radical (unpaired) electrons. The maximum absolute atomic E-state index is 13.5. The molecular formula is C18H21BrF2N2O2. The highest BCUT2D eigenvalue weighted by molar-refractivity contribution is 9.10. The molecule has 1 fully saturated rings. The molecule has 7 heteroatoms. The fourth-order valence-corrected chi connectivity index (χ4v) is 3.29. The van der Waals surface area contributed by atoms with Crippen LogP contribution in [0.2, 0.25) is 0 Å². The van der Waals surface area contributed by atoms with Gasteiger partial charge in [-0.15, -0.1) is 0 Å². The third-order valence-electron chi connectivity index (χ3n) is 4.23. The summed E-state index contributed by atoms with van der Waals surface area (Å²) in [5, 5.41) is 9.66. The third-order valence-corrected chi connectivity index (χ3v) is 4.97. The van der Waals surface area contributed by atoms with Crippen molar-refractivity contribution in [1.29, 1.82) is 5.26 Å². The fraction of sp³-hybridized carbons (Fsp3) is 0.556. The van der Waals surface area contributed by atoms with Crippen molar-refractivity contribution in [3.8, 4) is 6.07 Å². The zero-order chi connectivity index (χ0) is 18.8. The Balaban J connectivity index is 2.08. The Hall–Kier alpha value is -1.68. The van der Waals surface area contributed by atoms with Crippen LogP contribution in [-0.4, -0.2) is 29.7 Å². The predicted molar refractivity (Wildman–Crippen MR) is 92.8 cm³/mol. The number of carbonyl (C=O) groups is 1. The molecular weight excluding hydrogens is 394 g/mol. The van der Waals surface area contributed by atoms with Crippen molar-refractivity contribution in [2.24, 2.45) is 5.41 Å². The first-order valence-electron chi connectivity index (χ1n) is 8.08. The molecule has 2 rings (SSSR count). The summed E-state index contributed by atoms with van der Waals surface area (Å²) in [6.45, 7) is 6.19. The Morgan fingerprint density at radius 1 is 1.32 bits per heavy atom. The number of hydrogen-bond donors (Lipinski definition) is 0. The number of rotatable bonds is 2. The second kappa shape index (κ2) is 7.28. The number of ether oxygens (including phenoxy) is 1. The zero-order valence-corrected chi connectivity index (χ0v) is 16.1. The van der Waals surface area contributed by atoms with Crippen LogP contribution >= 0.6 is 15.9 Å². The summed E-state index contributed by atoms with van der Waals surface area (Å²) in [7, 11) is 0. The van der Waals surface area contributed by atoms with Gasteiger partial charge in [0.2, 0.25) is 0 Å². The molecule has 0 unspecified atom stereocenters. The van der Waals surface area contributed by atoms with Crippen LogP contribution < -0.4 is 0 Å². The molecule has 1 aliphatic heterocycles. The van der Waals surface area contributed by atoms with Crippen LogP contribution in [0.15, 0.2) is 16.6 Å². The number of nitriles is 1. The van der Waals surface area contributed by atoms with Crippen molar-refractivity contribution in [2.45, 2.75) is 45.6 Å². The van der Waals surface area contributed by atoms with Gasteiger partial charge in [0.1, 0.15) is 5.60 Å². The first-order chi connectivity index (χ1) is 11.6. The van der Waals surface area contributed by atoms with Crippen LogP contribution in [0.3, 0.4) is 0 Å². The minimum Gasteiger partial charge on any atom is -0.444 e. The molecule has 1 aromatic rings. The molecule has 0 aromatic heterocycles. The molecule has 1 heterocycles. The van der Waals surface area contributed by atoms with Crippen LogP contribution in [0.4, 0.5) is 13.6 Å². The Bertz CT molecular complexity index is 702. The summed E-state index contributed by atoms with van der Waals surface area (Å²) in [5.74, 6) is -1.86. The van der Waals surface area contributed by atoms with Crippen molar-refractivity contribution in [3.63, 3.8) is 0 Å². The number of halogens is 3. The van der Waals surface area contributed by atoms with Crippen LogP contribution in [0.5, 0.6) is 0 Å². The lowest BCUT2D eigenvalue weighted by atomic mass is 9.75. The molecule has 136 valence electrons. The first kappa shape index (κ1) is 19.6. The van der Waals surface area contributed by atoms with Gasteiger partial charge >= 0.3 is 6.09 Å². The molecule has 1 saturated heterocycles. The van der Waals surface area contributed by atoms with Gasteiger partial charge in [-0.05, 0) is 57.7 Å². The molecule has 4 nitrogen and oxygen atoms in total. The standard InChI is InChI=1S/C18H21BrF2N2O2/c1-17(2,3)25-16(24)23-6-4-18(11-22,5-7-23)10-12-8-14(20)15(21)9-13(12)19/h8-9H,4-7,10H2,1-3H3. The average molecular weight is 415 g/mol. The number of benzene rings is 1. The summed E-state index contributed by atoms with van der Waals surface area (Å²) in [4.78, 5) is 13.7. The van der Waals surface area contributed by atoms with Crippen molar-refractivity contribution in [2.75, 3.05) is 13.1 Å². The number of carbonyl (C=O) groups excluding carboxylic acids is 1. The number of likely N-dealkylation sites (tertiary alicyclic amines) is 1. The summed E-state index contributed by atoms with van der Waals surface area (Å²) in [6, 6.07) is 4.52. The van der Waals surface area contributed by atoms with Crippen molar-refractivity contribution >= 4 is 22.0 Å². The average Bonchev–Trinajstić information content (AvgIpc) is 2.51. The number of piperidine rings is 1. The van der Waals surface area contributed by atoms with Crippen LogP contribution in [0.25, 0.3) is 0 Å². The van der Waals surface area contributed by atoms with Gasteiger partial charge in [0.05, 0.1) is 11.5 Å². The maximum Gasteiger partial charge on any atom is 0.410 e. The van der Waals surface area contributed by atoms with Gasteiger partial charge in [-0.25, -0.2) is 13.6 Å². The quantitative estimate of drug-likeness (QED) is 0.652. The monoisotopic (exact) mass is 414 g/mol. The Labute approximate surface area is 154 Å². The van der Waals surface area contributed by atoms with Crippen LogP contribution in [0.1, 0.15) is 39.2 Å². The largest absolute Gasteiger partial charge is 0.444 e. The van der Waals surface area contributed by atoms with Crippen molar-refractivity contribution < 1.29 is 18.3 Å². The van der Waals surface area contributed by atoms with E-state index in [1.807, 2.05) is 0 Å². The van der Waals surface area contributed by atoms with Gasteiger partial charge < -0.3 is 9.64 Å². The Morgan fingerprint density at radius 3 is 2.40 bits per heavy atom. The highest BCUT2D eigenvalue weighted by atomic mass is 79.9. The van der Waals surface area contributed by atoms with Crippen molar-refractivity contribution in [1.82, 2.24) is 4.90 Å². The van der Waals surface area contributed by atoms with E-state index in [4.69, 9.17) is 4.74 Å². The van der Waals surface area contributed by atoms with E-state index in [2.05, 4.69) is 22.0 Å². The van der Waals surface area contributed by atoms with E-state index in [0.29, 0.717) is 42.4 Å². The summed E-state index contributed by atoms with van der Waals surface area (Å²) in [6.07, 6.45) is 0.805. The lowest BCUT2D eigenvalue weighted by Gasteiger charge is -2.38. The minimum absolute atomic E-state index is 0.295. The smallest absolute Gasteiger partial charge is 0.410 e. The fourth-order valence-electron chi connectivity index (χ4n) is 2.84. The second-order valence-corrected chi connectivity index (χ2v) is 8.25. The van der Waals surface area contributed by atoms with Gasteiger partial charge in [0.25, 0.3) is 0 Å². The van der Waals surface area contributed by atoms with Crippen LogP contribution in [-0.2, 0) is 11.2 Å². The normalized spacial score (nSPS) is 17.1. The number of amides is 1. The number of hydrogen-bond acceptors (Lipinski definition) is 3. The lowest BCUT2D eigenvalue weighted by Crippen LogP contribution is -2.45. The van der Waals surface area contributed by atoms with E-state index in [0.717, 1.165) is 12.1 Å². The highest BCUT2D eigenvalue weighted by Gasteiger charge is 2.38. The van der Waals surface area contributed by atoms with Crippen LogP contribution in [0, 0.1) is 28.4 Å². The molecule has 1 amide bonds. The van der Waals surface area contributed by atoms with E-state index in [-0.39, 0.29) is 0 Å². The topological polar surface area (TPSA) is 53.3 Å². The Morgan fingerprint density at radius 2 is 1.88 bits per heavy atom. The van der Waals surface area contributed by atoms with E-state index in [1.54, 1.807) is 25.7 Å². The molecule has 0 bridgehead atoms. The van der Waals surface area contributed by atoms with E-state index >= 15 is 0 Å². The minimum atomic E-state index is -0.933. The van der Waals surface area contributed by atoms with Gasteiger partial charge in [-0.2, -0.15) is 5.26 Å². The maximum atomic E-state index is 13.5. The molecule has 0 saturated carbocycles. The van der Waals surface area contributed by atoms with E-state index in [1.165, 1.54) is 0 Å². The highest BCUT2D eigenvalue weighted by Crippen LogP contribution is 2.37. The second-order valence-electron chi connectivity index (χ2n) is 7.39. The molecule has 1 aromatic carbocycles. The number of nitrogens with zero attached hydrogens (tertiary/aromatic N) is 2. The molecule has 0 atom stereocenters. The Kier molecular flexibility index (Phi) is 5.72. The SMILES string of the molecule is CC(C)(C)OC(=O)N1CCC(C#N)(Cc2cc(F)c(F)cc2Br)CC1. The first-order valence-corrected chi connectivity index (χ1v) is 8.87. The van der Waals surface area contributed by atoms with E-state index < -0.39 is 28.7 Å². The summed E-state index contributed by atoms with van der Waals surface area (Å²) in [5.41, 5.74) is -0.742. The summed E-state index contributed by atoms with van der Waals surface area (Å²) >= 11 is 3.23. The van der Waals surface area contributed by atoms with E-state index in [9.17, 15) is 18.8 Å². The molecule has 1 aliphatic rings. The molecule has 0 N–H and O–H groups in total. The summed E-state index contributed by atoms with van der Waals surface area (Å²) < 4.78 is 32.6. The molecule has 0 aliphatic carbocycles. The van der Waals surface area contributed by atoms with Crippen molar-refractivity contribution in [3.05, 3.63) is 33.8 Å². The van der Waals surface area contributed by atoms with Gasteiger partial charge in [-0.1, -0.05) is 15.9 Å². The third kappa shape index (κ3) is 4.91. The molecule has 25 heavy (non-hydrogen) atoms. The molecule has 0 spiro atoms. The zero-order valence-electron chi connectivity index (χ0n) is 14.5. The lowest BCUT2D eigenvalue weighted by molar-refractivity contribution is 0.0148. The van der Waals surface area contributed by atoms with Gasteiger partial charge in [0, 0.05) is 17.6 Å². The van der Waals surface area contributed by atoms with Gasteiger partial charge in [0.15, 0.2) is 11.6 Å².